The van der Waals surface area contributed by atoms with Gasteiger partial charge in [0.15, 0.2) is 0 Å². The van der Waals surface area contributed by atoms with Gasteiger partial charge < -0.3 is 14.8 Å². The Morgan fingerprint density at radius 1 is 1.12 bits per heavy atom. The monoisotopic (exact) mass is 375 g/mol. The molecule has 2 aromatic rings. The molecule has 1 N–H and O–H groups in total. The zero-order chi connectivity index (χ0) is 19.1. The molecule has 2 aromatic carbocycles. The molecule has 1 atom stereocenters. The van der Waals surface area contributed by atoms with Crippen molar-refractivity contribution in [1.29, 1.82) is 0 Å². The number of hydrogen-bond donors (Lipinski definition) is 1. The molecule has 5 nitrogen and oxygen atoms in total. The third-order valence-corrected chi connectivity index (χ3v) is 3.89. The number of methoxy groups -OCH3 is 1. The van der Waals surface area contributed by atoms with E-state index in [1.807, 2.05) is 30.3 Å². The van der Waals surface area contributed by atoms with E-state index in [-0.39, 0.29) is 24.4 Å². The highest BCUT2D eigenvalue weighted by Crippen LogP contribution is 2.25. The standard InChI is InChI=1S/C20H22ClNO4/c1-13(2)26-19(23)12-17(14-7-5-4-6-8-14)22-20(24)16-11-15(21)9-10-18(16)25-3/h4-11,13,17H,12H2,1-3H3,(H,22,24). The van der Waals surface area contributed by atoms with E-state index < -0.39 is 6.04 Å². The predicted molar refractivity (Wildman–Crippen MR) is 100 cm³/mol. The van der Waals surface area contributed by atoms with Gasteiger partial charge in [-0.25, -0.2) is 0 Å². The lowest BCUT2D eigenvalue weighted by Gasteiger charge is -2.20. The van der Waals surface area contributed by atoms with Crippen molar-refractivity contribution in [3.05, 3.63) is 64.7 Å². The summed E-state index contributed by atoms with van der Waals surface area (Å²) in [4.78, 5) is 24.9. The molecule has 0 saturated carbocycles. The number of ether oxygens (including phenoxy) is 2. The number of rotatable bonds is 7. The molecule has 0 aliphatic carbocycles. The maximum absolute atomic E-state index is 12.8. The van der Waals surface area contributed by atoms with Gasteiger partial charge in [0.1, 0.15) is 5.75 Å². The first-order chi connectivity index (χ1) is 12.4. The molecule has 0 aliphatic rings. The van der Waals surface area contributed by atoms with Gasteiger partial charge >= 0.3 is 5.97 Å². The maximum atomic E-state index is 12.8. The number of hydrogen-bond acceptors (Lipinski definition) is 4. The lowest BCUT2D eigenvalue weighted by Crippen LogP contribution is -2.31. The summed E-state index contributed by atoms with van der Waals surface area (Å²) >= 11 is 6.00. The lowest BCUT2D eigenvalue weighted by molar-refractivity contribution is -0.147. The van der Waals surface area contributed by atoms with E-state index in [1.54, 1.807) is 26.0 Å². The second kappa shape index (κ2) is 9.25. The Morgan fingerprint density at radius 3 is 2.42 bits per heavy atom. The lowest BCUT2D eigenvalue weighted by atomic mass is 10.0. The molecule has 0 bridgehead atoms. The molecule has 0 radical (unpaired) electrons. The molecular formula is C20H22ClNO4. The van der Waals surface area contributed by atoms with Crippen LogP contribution in [0.25, 0.3) is 0 Å². The van der Waals surface area contributed by atoms with Crippen LogP contribution in [-0.2, 0) is 9.53 Å². The average Bonchev–Trinajstić information content (AvgIpc) is 2.61. The Hall–Kier alpha value is -2.53. The van der Waals surface area contributed by atoms with Crippen molar-refractivity contribution < 1.29 is 19.1 Å². The first kappa shape index (κ1) is 19.8. The van der Waals surface area contributed by atoms with Crippen molar-refractivity contribution in [2.24, 2.45) is 0 Å². The number of carbonyl (C=O) groups excluding carboxylic acids is 2. The van der Waals surface area contributed by atoms with Crippen LogP contribution in [0.1, 0.15) is 42.2 Å². The smallest absolute Gasteiger partial charge is 0.308 e. The molecule has 0 aliphatic heterocycles. The highest BCUT2D eigenvalue weighted by Gasteiger charge is 2.22. The summed E-state index contributed by atoms with van der Waals surface area (Å²) in [6, 6.07) is 13.5. The summed E-state index contributed by atoms with van der Waals surface area (Å²) in [6.45, 7) is 3.57. The van der Waals surface area contributed by atoms with Gasteiger partial charge in [0.05, 0.1) is 31.2 Å². The fraction of sp³-hybridized carbons (Fsp3) is 0.300. The molecule has 1 unspecified atom stereocenters. The number of benzene rings is 2. The van der Waals surface area contributed by atoms with Crippen LogP contribution in [0.4, 0.5) is 0 Å². The van der Waals surface area contributed by atoms with E-state index in [9.17, 15) is 9.59 Å². The fourth-order valence-corrected chi connectivity index (χ4v) is 2.68. The molecule has 0 saturated heterocycles. The molecule has 0 fully saturated rings. The van der Waals surface area contributed by atoms with Gasteiger partial charge in [-0.3, -0.25) is 9.59 Å². The van der Waals surface area contributed by atoms with Gasteiger partial charge in [0.25, 0.3) is 5.91 Å². The quantitative estimate of drug-likeness (QED) is 0.738. The minimum absolute atomic E-state index is 0.0246. The Labute approximate surface area is 158 Å². The molecule has 6 heteroatoms. The zero-order valence-electron chi connectivity index (χ0n) is 15.0. The van der Waals surface area contributed by atoms with E-state index >= 15 is 0 Å². The first-order valence-electron chi connectivity index (χ1n) is 8.29. The second-order valence-corrected chi connectivity index (χ2v) is 6.46. The molecule has 2 rings (SSSR count). The number of amides is 1. The van der Waals surface area contributed by atoms with Crippen LogP contribution < -0.4 is 10.1 Å². The molecule has 0 spiro atoms. The van der Waals surface area contributed by atoms with E-state index in [4.69, 9.17) is 21.1 Å². The van der Waals surface area contributed by atoms with Crippen LogP contribution in [-0.4, -0.2) is 25.1 Å². The van der Waals surface area contributed by atoms with Crippen molar-refractivity contribution >= 4 is 23.5 Å². The van der Waals surface area contributed by atoms with Crippen LogP contribution in [0.5, 0.6) is 5.75 Å². The van der Waals surface area contributed by atoms with Crippen molar-refractivity contribution in [2.45, 2.75) is 32.4 Å². The van der Waals surface area contributed by atoms with Gasteiger partial charge in [-0.05, 0) is 37.6 Å². The van der Waals surface area contributed by atoms with Gasteiger partial charge in [-0.1, -0.05) is 41.9 Å². The Morgan fingerprint density at radius 2 is 1.81 bits per heavy atom. The maximum Gasteiger partial charge on any atom is 0.308 e. The average molecular weight is 376 g/mol. The summed E-state index contributed by atoms with van der Waals surface area (Å²) in [5, 5.41) is 3.30. The summed E-state index contributed by atoms with van der Waals surface area (Å²) in [6.07, 6.45) is -0.195. The normalized spacial score (nSPS) is 11.7. The summed E-state index contributed by atoms with van der Waals surface area (Å²) in [5.74, 6) is -0.355. The van der Waals surface area contributed by atoms with Gasteiger partial charge in [0, 0.05) is 5.02 Å². The van der Waals surface area contributed by atoms with E-state index in [0.717, 1.165) is 5.56 Å². The van der Waals surface area contributed by atoms with Crippen LogP contribution in [0.2, 0.25) is 5.02 Å². The second-order valence-electron chi connectivity index (χ2n) is 6.02. The summed E-state index contributed by atoms with van der Waals surface area (Å²) in [5.41, 5.74) is 1.11. The molecule has 138 valence electrons. The largest absolute Gasteiger partial charge is 0.496 e. The highest BCUT2D eigenvalue weighted by atomic mass is 35.5. The number of halogens is 1. The van der Waals surface area contributed by atoms with Crippen molar-refractivity contribution in [3.63, 3.8) is 0 Å². The predicted octanol–water partition coefficient (Wildman–Crippen LogP) is 4.16. The highest BCUT2D eigenvalue weighted by molar-refractivity contribution is 6.31. The minimum Gasteiger partial charge on any atom is -0.496 e. The Kier molecular flexibility index (Phi) is 7.04. The van der Waals surface area contributed by atoms with Crippen molar-refractivity contribution in [1.82, 2.24) is 5.32 Å². The molecule has 0 aromatic heterocycles. The van der Waals surface area contributed by atoms with E-state index in [2.05, 4.69) is 5.32 Å². The third-order valence-electron chi connectivity index (χ3n) is 3.65. The van der Waals surface area contributed by atoms with Gasteiger partial charge in [-0.2, -0.15) is 0 Å². The Bertz CT molecular complexity index is 762. The fourth-order valence-electron chi connectivity index (χ4n) is 2.51. The van der Waals surface area contributed by atoms with Crippen molar-refractivity contribution in [2.75, 3.05) is 7.11 Å². The third kappa shape index (κ3) is 5.49. The zero-order valence-corrected chi connectivity index (χ0v) is 15.7. The van der Waals surface area contributed by atoms with Crippen LogP contribution in [0, 0.1) is 0 Å². The summed E-state index contributed by atoms with van der Waals surface area (Å²) < 4.78 is 10.4. The van der Waals surface area contributed by atoms with Crippen molar-refractivity contribution in [3.8, 4) is 5.75 Å². The van der Waals surface area contributed by atoms with Gasteiger partial charge in [-0.15, -0.1) is 0 Å². The molecular weight excluding hydrogens is 354 g/mol. The molecule has 0 heterocycles. The van der Waals surface area contributed by atoms with Crippen LogP contribution in [0.3, 0.4) is 0 Å². The first-order valence-corrected chi connectivity index (χ1v) is 8.67. The number of esters is 1. The van der Waals surface area contributed by atoms with E-state index in [1.165, 1.54) is 13.2 Å². The molecule has 26 heavy (non-hydrogen) atoms. The summed E-state index contributed by atoms with van der Waals surface area (Å²) in [7, 11) is 1.48. The minimum atomic E-state index is -0.529. The SMILES string of the molecule is COc1ccc(Cl)cc1C(=O)NC(CC(=O)OC(C)C)c1ccccc1. The van der Waals surface area contributed by atoms with Crippen LogP contribution >= 0.6 is 11.6 Å². The number of carbonyl (C=O) groups is 2. The topological polar surface area (TPSA) is 64.6 Å². The number of nitrogens with one attached hydrogen (secondary N) is 1. The van der Waals surface area contributed by atoms with Crippen LogP contribution in [0.15, 0.2) is 48.5 Å². The Balaban J connectivity index is 2.25. The van der Waals surface area contributed by atoms with E-state index in [0.29, 0.717) is 16.3 Å². The molecule has 1 amide bonds. The van der Waals surface area contributed by atoms with Gasteiger partial charge in [0.2, 0.25) is 0 Å².